The van der Waals surface area contributed by atoms with E-state index in [0.29, 0.717) is 31.5 Å². The van der Waals surface area contributed by atoms with Gasteiger partial charge in [0.15, 0.2) is 0 Å². The summed E-state index contributed by atoms with van der Waals surface area (Å²) in [6.07, 6.45) is 2.08. The molecule has 1 N–H and O–H groups in total. The summed E-state index contributed by atoms with van der Waals surface area (Å²) in [6, 6.07) is 15.2. The highest BCUT2D eigenvalue weighted by Crippen LogP contribution is 2.17. The maximum absolute atomic E-state index is 12.9. The van der Waals surface area contributed by atoms with E-state index in [9.17, 15) is 9.59 Å². The van der Waals surface area contributed by atoms with Crippen molar-refractivity contribution in [2.24, 2.45) is 0 Å². The van der Waals surface area contributed by atoms with E-state index in [-0.39, 0.29) is 17.6 Å². The summed E-state index contributed by atoms with van der Waals surface area (Å²) in [6.45, 7) is 0.938. The van der Waals surface area contributed by atoms with Crippen LogP contribution in [0.25, 0.3) is 0 Å². The number of methoxy groups -OCH3 is 1. The number of hydrogen-bond acceptors (Lipinski definition) is 5. The number of carbonyl (C=O) groups is 1. The van der Waals surface area contributed by atoms with Gasteiger partial charge in [-0.2, -0.15) is 5.10 Å². The molecule has 2 aromatic carbocycles. The Morgan fingerprint density at radius 3 is 2.78 bits per heavy atom. The van der Waals surface area contributed by atoms with E-state index >= 15 is 0 Å². The number of nitrogens with zero attached hydrogens (tertiary/aromatic N) is 4. The minimum absolute atomic E-state index is 0.00144. The van der Waals surface area contributed by atoms with Gasteiger partial charge in [-0.3, -0.25) is 9.36 Å². The van der Waals surface area contributed by atoms with Crippen LogP contribution in [-0.4, -0.2) is 47.5 Å². The molecule has 1 aliphatic rings. The second-order valence-electron chi connectivity index (χ2n) is 8.30. The van der Waals surface area contributed by atoms with Crippen LogP contribution >= 0.6 is 0 Å². The average molecular weight is 436 g/mol. The number of rotatable bonds is 6. The topological polar surface area (TPSA) is 81.4 Å². The van der Waals surface area contributed by atoms with Gasteiger partial charge in [-0.05, 0) is 48.7 Å². The van der Waals surface area contributed by atoms with Crippen molar-refractivity contribution >= 4 is 11.6 Å². The molecule has 0 bridgehead atoms. The number of hydrogen-bond donors (Lipinski definition) is 1. The van der Waals surface area contributed by atoms with Crippen LogP contribution in [-0.2, 0) is 19.5 Å². The monoisotopic (exact) mass is 435 g/mol. The first-order valence-electron chi connectivity index (χ1n) is 10.8. The average Bonchev–Trinajstić information content (AvgIpc) is 2.96. The van der Waals surface area contributed by atoms with Crippen LogP contribution in [0, 0.1) is 0 Å². The third-order valence-corrected chi connectivity index (χ3v) is 5.84. The molecule has 2 heterocycles. The molecule has 3 aromatic rings. The van der Waals surface area contributed by atoms with Crippen molar-refractivity contribution in [3.63, 3.8) is 0 Å². The highest BCUT2D eigenvalue weighted by molar-refractivity contribution is 5.95. The Morgan fingerprint density at radius 1 is 1.19 bits per heavy atom. The molecule has 0 saturated carbocycles. The van der Waals surface area contributed by atoms with Crippen LogP contribution in [0.5, 0.6) is 5.75 Å². The van der Waals surface area contributed by atoms with E-state index in [0.717, 1.165) is 29.2 Å². The first-order valence-corrected chi connectivity index (χ1v) is 10.8. The molecular weight excluding hydrogens is 406 g/mol. The molecule has 8 heteroatoms. The Bertz CT molecular complexity index is 1160. The van der Waals surface area contributed by atoms with E-state index in [1.165, 1.54) is 4.68 Å². The van der Waals surface area contributed by atoms with Crippen molar-refractivity contribution in [2.75, 3.05) is 26.1 Å². The fourth-order valence-electron chi connectivity index (χ4n) is 4.01. The molecule has 0 spiro atoms. The van der Waals surface area contributed by atoms with Crippen molar-refractivity contribution in [1.82, 2.24) is 19.7 Å². The third-order valence-electron chi connectivity index (χ3n) is 5.84. The zero-order valence-corrected chi connectivity index (χ0v) is 18.7. The maximum atomic E-state index is 12.9. The second-order valence-corrected chi connectivity index (χ2v) is 8.30. The highest BCUT2D eigenvalue weighted by Gasteiger charge is 2.22. The van der Waals surface area contributed by atoms with Crippen LogP contribution in [0.1, 0.15) is 34.6 Å². The minimum Gasteiger partial charge on any atom is -0.497 e. The van der Waals surface area contributed by atoms with Gasteiger partial charge >= 0.3 is 5.69 Å². The van der Waals surface area contributed by atoms with Gasteiger partial charge in [0.25, 0.3) is 5.91 Å². The molecule has 0 aliphatic carbocycles. The molecule has 0 saturated heterocycles. The fourth-order valence-corrected chi connectivity index (χ4v) is 4.01. The Labute approximate surface area is 187 Å². The molecular formula is C24H29N5O3. The zero-order valence-electron chi connectivity index (χ0n) is 18.7. The second kappa shape index (κ2) is 9.30. The summed E-state index contributed by atoms with van der Waals surface area (Å²) in [5.41, 5.74) is 2.47. The summed E-state index contributed by atoms with van der Waals surface area (Å²) in [7, 11) is 5.52. The number of aromatic nitrogens is 3. The van der Waals surface area contributed by atoms with Crippen LogP contribution in [0.2, 0.25) is 0 Å². The Hall–Kier alpha value is -3.55. The van der Waals surface area contributed by atoms with E-state index in [1.807, 2.05) is 67.5 Å². The normalized spacial score (nSPS) is 15.5. The number of fused-ring (bicyclic) bond motifs is 1. The van der Waals surface area contributed by atoms with Crippen LogP contribution in [0.15, 0.2) is 53.3 Å². The lowest BCUT2D eigenvalue weighted by molar-refractivity contribution is 0.0933. The molecule has 4 rings (SSSR count). The van der Waals surface area contributed by atoms with Crippen LogP contribution < -0.4 is 20.6 Å². The lowest BCUT2D eigenvalue weighted by Gasteiger charge is -2.17. The van der Waals surface area contributed by atoms with Crippen molar-refractivity contribution in [3.05, 3.63) is 76.0 Å². The standard InChI is InChI=1S/C24H29N5O3/c1-27(2)20-8-5-7-18(15-20)23(30)25-19-10-11-22-26-29(24(31)28(22)13-12-19)16-17-6-4-9-21(14-17)32-3/h4-9,14-15,19H,10-13,16H2,1-3H3,(H,25,30). The largest absolute Gasteiger partial charge is 0.497 e. The number of carbonyl (C=O) groups excluding carboxylic acids is 1. The molecule has 1 aromatic heterocycles. The van der Waals surface area contributed by atoms with Gasteiger partial charge < -0.3 is 15.0 Å². The van der Waals surface area contributed by atoms with Crippen molar-refractivity contribution < 1.29 is 9.53 Å². The number of anilines is 1. The molecule has 0 fully saturated rings. The van der Waals surface area contributed by atoms with Gasteiger partial charge in [-0.25, -0.2) is 9.48 Å². The van der Waals surface area contributed by atoms with Crippen molar-refractivity contribution in [1.29, 1.82) is 0 Å². The van der Waals surface area contributed by atoms with Crippen molar-refractivity contribution in [2.45, 2.75) is 38.4 Å². The van der Waals surface area contributed by atoms with Crippen LogP contribution in [0.3, 0.4) is 0 Å². The number of amides is 1. The van der Waals surface area contributed by atoms with E-state index in [1.54, 1.807) is 11.7 Å². The number of ether oxygens (including phenoxy) is 1. The maximum Gasteiger partial charge on any atom is 0.346 e. The number of nitrogens with one attached hydrogen (secondary N) is 1. The molecule has 0 radical (unpaired) electrons. The SMILES string of the molecule is COc1cccc(Cn2nc3n(c2=O)CCC(NC(=O)c2cccc(N(C)C)c2)CC3)c1. The lowest BCUT2D eigenvalue weighted by atomic mass is 10.1. The van der Waals surface area contributed by atoms with Gasteiger partial charge in [-0.1, -0.05) is 18.2 Å². The van der Waals surface area contributed by atoms with Gasteiger partial charge in [0, 0.05) is 44.4 Å². The molecule has 1 atom stereocenters. The molecule has 168 valence electrons. The first-order chi connectivity index (χ1) is 15.4. The van der Waals surface area contributed by atoms with Gasteiger partial charge in [-0.15, -0.1) is 0 Å². The fraction of sp³-hybridized carbons (Fsp3) is 0.375. The predicted molar refractivity (Wildman–Crippen MR) is 124 cm³/mol. The van der Waals surface area contributed by atoms with E-state index in [4.69, 9.17) is 4.74 Å². The van der Waals surface area contributed by atoms with E-state index < -0.39 is 0 Å². The Morgan fingerprint density at radius 2 is 2.00 bits per heavy atom. The van der Waals surface area contributed by atoms with Gasteiger partial charge in [0.1, 0.15) is 11.6 Å². The smallest absolute Gasteiger partial charge is 0.346 e. The molecule has 8 nitrogen and oxygen atoms in total. The van der Waals surface area contributed by atoms with Crippen LogP contribution in [0.4, 0.5) is 5.69 Å². The van der Waals surface area contributed by atoms with Crippen molar-refractivity contribution in [3.8, 4) is 5.75 Å². The Balaban J connectivity index is 1.42. The lowest BCUT2D eigenvalue weighted by Crippen LogP contribution is -2.36. The zero-order chi connectivity index (χ0) is 22.7. The summed E-state index contributed by atoms with van der Waals surface area (Å²) in [5.74, 6) is 1.43. The summed E-state index contributed by atoms with van der Waals surface area (Å²) in [4.78, 5) is 27.6. The molecule has 32 heavy (non-hydrogen) atoms. The molecule has 1 aliphatic heterocycles. The Kier molecular flexibility index (Phi) is 6.30. The minimum atomic E-state index is -0.117. The number of aryl methyl sites for hydroxylation is 1. The first kappa shape index (κ1) is 21.7. The summed E-state index contributed by atoms with van der Waals surface area (Å²) in [5, 5.41) is 7.70. The van der Waals surface area contributed by atoms with Gasteiger partial charge in [0.05, 0.1) is 13.7 Å². The highest BCUT2D eigenvalue weighted by atomic mass is 16.5. The van der Waals surface area contributed by atoms with Gasteiger partial charge in [0.2, 0.25) is 0 Å². The quantitative estimate of drug-likeness (QED) is 0.643. The summed E-state index contributed by atoms with van der Waals surface area (Å²) < 4.78 is 8.51. The molecule has 1 unspecified atom stereocenters. The summed E-state index contributed by atoms with van der Waals surface area (Å²) >= 11 is 0. The number of benzene rings is 2. The molecule has 1 amide bonds. The third kappa shape index (κ3) is 4.69. The van der Waals surface area contributed by atoms with E-state index in [2.05, 4.69) is 10.4 Å². The predicted octanol–water partition coefficient (Wildman–Crippen LogP) is 2.30.